The molecule has 0 aliphatic rings. The molecule has 676 valence electrons. The van der Waals surface area contributed by atoms with Crippen molar-refractivity contribution in [2.45, 2.75) is 40.7 Å². The van der Waals surface area contributed by atoms with Crippen molar-refractivity contribution in [3.8, 4) is 34.1 Å². The third-order valence-corrected chi connectivity index (χ3v) is 30.1. The average Bonchev–Trinajstić information content (AvgIpc) is 0.868. The SMILES string of the molecule is C.COCOC(=O)c1cc(C)cc(COc2cccc(Br)c2)c1OCOC.Cc1cc(COc2cccc(-c3ccc(C(F)(F)F)cc3)c2)c(O)c(C(=O)O)c1.[Pd].c1ccc(P(c2ccccc2)c2ccccc2)cc1.c1ccc(P(c2ccccc2)c2ccccc2)cc1.c1ccc(P(c2ccccc2)c2ccccc2)cc1.c1ccc(P(c2ccccc2)c2ccccc2)cc1. The van der Waals surface area contributed by atoms with E-state index in [0.717, 1.165) is 22.2 Å². The number of esters is 1. The Morgan fingerprint density at radius 1 is 0.323 bits per heavy atom. The zero-order valence-electron chi connectivity index (χ0n) is 73.0. The van der Waals surface area contributed by atoms with E-state index in [2.05, 4.69) is 380 Å². The summed E-state index contributed by atoms with van der Waals surface area (Å²) in [5.41, 5.74) is 3.20. The number of benzene rings is 17. The van der Waals surface area contributed by atoms with Crippen molar-refractivity contribution >= 4 is 123 Å². The Hall–Kier alpha value is -12.5. The Bertz CT molecular complexity index is 5430. The molecule has 0 aromatic heterocycles. The predicted octanol–water partition coefficient (Wildman–Crippen LogP) is 24.2. The topological polar surface area (TPSA) is 130 Å². The Kier molecular flexibility index (Phi) is 42.0. The number of hydrogen-bond donors (Lipinski definition) is 2. The number of alkyl halides is 3. The first kappa shape index (κ1) is 103. The molecular weight excluding hydrogens is 1900 g/mol. The van der Waals surface area contributed by atoms with Crippen LogP contribution in [0.4, 0.5) is 13.2 Å². The smallest absolute Gasteiger partial charge is 0.416 e. The van der Waals surface area contributed by atoms with Gasteiger partial charge >= 0.3 is 18.1 Å². The molecule has 0 saturated heterocycles. The second-order valence-electron chi connectivity index (χ2n) is 29.3. The first-order valence-corrected chi connectivity index (χ1v) is 48.2. The first-order valence-electron chi connectivity index (χ1n) is 42.1. The largest absolute Gasteiger partial charge is 0.507 e. The van der Waals surface area contributed by atoms with Gasteiger partial charge in [-0.1, -0.05) is 418 Å². The molecule has 0 heterocycles. The molecule has 10 nitrogen and oxygen atoms in total. The Morgan fingerprint density at radius 3 is 0.887 bits per heavy atom. The molecule has 0 amide bonds. The van der Waals surface area contributed by atoms with Crippen LogP contribution in [0.5, 0.6) is 23.0 Å². The quantitative estimate of drug-likeness (QED) is 0.0234. The minimum atomic E-state index is -4.39. The third kappa shape index (κ3) is 31.3. The fourth-order valence-corrected chi connectivity index (χ4v) is 23.5. The number of rotatable bonds is 26. The number of methoxy groups -OCH3 is 2. The zero-order valence-corrected chi connectivity index (χ0v) is 79.7. The van der Waals surface area contributed by atoms with Gasteiger partial charge < -0.3 is 38.6 Å². The van der Waals surface area contributed by atoms with E-state index < -0.39 is 55.4 Å². The van der Waals surface area contributed by atoms with Gasteiger partial charge in [0.05, 0.1) is 5.56 Å². The van der Waals surface area contributed by atoms with Crippen LogP contribution in [0.1, 0.15) is 56.0 Å². The molecule has 133 heavy (non-hydrogen) atoms. The van der Waals surface area contributed by atoms with Gasteiger partial charge in [-0.25, -0.2) is 9.59 Å². The van der Waals surface area contributed by atoms with Crippen LogP contribution in [0.2, 0.25) is 0 Å². The Labute approximate surface area is 805 Å². The molecule has 0 fully saturated rings. The second-order valence-corrected chi connectivity index (χ2v) is 39.1. The monoisotopic (exact) mass is 2000 g/mol. The van der Waals surface area contributed by atoms with Crippen molar-refractivity contribution in [3.05, 3.63) is 504 Å². The molecule has 0 atom stereocenters. The van der Waals surface area contributed by atoms with Gasteiger partial charge in [0.2, 0.25) is 0 Å². The number of phenols is 1. The number of aromatic hydroxyl groups is 1. The second kappa shape index (κ2) is 54.4. The van der Waals surface area contributed by atoms with Crippen molar-refractivity contribution in [2.24, 2.45) is 0 Å². The normalized spacial score (nSPS) is 10.6. The molecule has 0 saturated carbocycles. The number of aryl methyl sites for hydroxylation is 2. The number of hydrogen-bond acceptors (Lipinski definition) is 9. The van der Waals surface area contributed by atoms with Crippen LogP contribution in [-0.2, 0) is 54.0 Å². The molecule has 0 bridgehead atoms. The van der Waals surface area contributed by atoms with E-state index in [-0.39, 0.29) is 66.0 Å². The zero-order chi connectivity index (χ0) is 91.8. The fraction of sp³-hybridized carbons (Fsp3) is 0.0877. The standard InChI is InChI=1S/C22H17F3O4.C19H21BrO6.4C18H15P.CH4.Pd/c1-13-9-16(20(26)19(10-13)21(27)28)12-29-18-4-2-3-15(11-18)14-5-7-17(8-6-14)22(23,24)25;1-13-7-14(10-24-16-6-4-5-15(20)9-16)18(25-11-22-2)17(8-13)19(21)26-12-23-3;4*1-4-10-16(11-5-1)19(17-12-6-2-7-13-17)18-14-8-3-9-15-18;;/h2-11,26H,12H2,1H3,(H,27,28);4-9H,10-12H2,1-3H3;4*1-15H;1H4;. The number of ether oxygens (including phenoxy) is 6. The maximum absolute atomic E-state index is 12.7. The maximum Gasteiger partial charge on any atom is 0.416 e. The van der Waals surface area contributed by atoms with E-state index in [4.69, 9.17) is 33.5 Å². The minimum Gasteiger partial charge on any atom is -0.507 e. The van der Waals surface area contributed by atoms with Crippen LogP contribution in [0.3, 0.4) is 0 Å². The molecule has 19 heteroatoms. The van der Waals surface area contributed by atoms with Crippen molar-refractivity contribution in [2.75, 3.05) is 27.8 Å². The van der Waals surface area contributed by atoms with Gasteiger partial charge in [-0.3, -0.25) is 0 Å². The predicted molar refractivity (Wildman–Crippen MR) is 548 cm³/mol. The first-order chi connectivity index (χ1) is 64.0. The number of aromatic carboxylic acids is 1. The molecule has 0 spiro atoms. The third-order valence-electron chi connectivity index (χ3n) is 19.9. The maximum atomic E-state index is 12.7. The van der Waals surface area contributed by atoms with Crippen molar-refractivity contribution in [3.63, 3.8) is 0 Å². The summed E-state index contributed by atoms with van der Waals surface area (Å²) in [6, 6.07) is 155. The molecule has 17 aromatic rings. The Morgan fingerprint density at radius 2 is 0.602 bits per heavy atom. The van der Waals surface area contributed by atoms with Crippen LogP contribution in [-0.4, -0.2) is 50.0 Å². The molecule has 17 aromatic carbocycles. The van der Waals surface area contributed by atoms with Gasteiger partial charge in [0.15, 0.2) is 13.6 Å². The molecule has 0 aliphatic carbocycles. The summed E-state index contributed by atoms with van der Waals surface area (Å²) in [7, 11) is 1.17. The molecule has 2 N–H and O–H groups in total. The molecule has 0 unspecified atom stereocenters. The van der Waals surface area contributed by atoms with Crippen molar-refractivity contribution in [1.82, 2.24) is 0 Å². The van der Waals surface area contributed by atoms with E-state index >= 15 is 0 Å². The molecule has 0 radical (unpaired) electrons. The number of carboxylic acid groups (broad SMARTS) is 1. The Balaban J connectivity index is 0.000000166. The summed E-state index contributed by atoms with van der Waals surface area (Å²) in [6.45, 7) is 3.61. The van der Waals surface area contributed by atoms with Crippen LogP contribution in [0.15, 0.2) is 466 Å². The molecule has 17 rings (SSSR count). The number of carbonyl (C=O) groups excluding carboxylic acids is 1. The summed E-state index contributed by atoms with van der Waals surface area (Å²) in [4.78, 5) is 23.6. The van der Waals surface area contributed by atoms with Gasteiger partial charge in [0, 0.05) is 50.2 Å². The molecular formula is C114H102BrF3O10P4Pd. The van der Waals surface area contributed by atoms with Crippen LogP contribution < -0.4 is 77.9 Å². The van der Waals surface area contributed by atoms with Crippen LogP contribution in [0.25, 0.3) is 11.1 Å². The van der Waals surface area contributed by atoms with Gasteiger partial charge in [0.1, 0.15) is 47.3 Å². The number of halogens is 4. The van der Waals surface area contributed by atoms with Gasteiger partial charge in [-0.05, 0) is 198 Å². The number of carbonyl (C=O) groups is 2. The average molecular weight is 2000 g/mol. The van der Waals surface area contributed by atoms with E-state index in [1.54, 1.807) is 43.3 Å². The van der Waals surface area contributed by atoms with Crippen molar-refractivity contribution < 1.29 is 81.8 Å². The summed E-state index contributed by atoms with van der Waals surface area (Å²) in [5.74, 6) is -0.639. The summed E-state index contributed by atoms with van der Waals surface area (Å²) < 4.78 is 71.0. The summed E-state index contributed by atoms with van der Waals surface area (Å²) >= 11 is 3.41. The van der Waals surface area contributed by atoms with Gasteiger partial charge in [0.25, 0.3) is 0 Å². The van der Waals surface area contributed by atoms with E-state index in [0.29, 0.717) is 50.6 Å². The van der Waals surface area contributed by atoms with Gasteiger partial charge in [-0.2, -0.15) is 13.2 Å². The van der Waals surface area contributed by atoms with E-state index in [9.17, 15) is 27.9 Å². The minimum absolute atomic E-state index is 0. The van der Waals surface area contributed by atoms with Crippen LogP contribution in [0, 0.1) is 13.8 Å². The van der Waals surface area contributed by atoms with Gasteiger partial charge in [-0.15, -0.1) is 0 Å². The fourth-order valence-electron chi connectivity index (χ4n) is 13.9. The molecule has 0 aliphatic heterocycles. The van der Waals surface area contributed by atoms with Crippen LogP contribution >= 0.6 is 47.6 Å². The summed E-state index contributed by atoms with van der Waals surface area (Å²) in [6.07, 6.45) is -4.39. The van der Waals surface area contributed by atoms with Crippen molar-refractivity contribution in [1.29, 1.82) is 0 Å². The number of carboxylic acids is 1. The van der Waals surface area contributed by atoms with E-state index in [1.165, 1.54) is 96.1 Å². The van der Waals surface area contributed by atoms with E-state index in [1.807, 2.05) is 37.3 Å². The summed E-state index contributed by atoms with van der Waals surface area (Å²) in [5, 5.41) is 36.1.